The van der Waals surface area contributed by atoms with E-state index < -0.39 is 9.84 Å². The smallest absolute Gasteiger partial charge is 0.227 e. The van der Waals surface area contributed by atoms with Gasteiger partial charge >= 0.3 is 0 Å². The molecular weight excluding hydrogens is 306 g/mol. The summed E-state index contributed by atoms with van der Waals surface area (Å²) >= 11 is 0. The molecule has 6 nitrogen and oxygen atoms in total. The number of hydrogen-bond donors (Lipinski definition) is 0. The molecule has 7 heteroatoms. The fourth-order valence-corrected chi connectivity index (χ4v) is 4.37. The molecule has 1 aromatic carbocycles. The molecule has 122 valence electrons. The zero-order valence-electron chi connectivity index (χ0n) is 13.0. The van der Waals surface area contributed by atoms with Gasteiger partial charge in [-0.2, -0.15) is 0 Å². The second-order valence-corrected chi connectivity index (χ2v) is 7.44. The molecule has 1 heterocycles. The molecule has 22 heavy (non-hydrogen) atoms. The zero-order chi connectivity index (χ0) is 16.3. The van der Waals surface area contributed by atoms with E-state index in [0.717, 1.165) is 0 Å². The van der Waals surface area contributed by atoms with E-state index in [2.05, 4.69) is 0 Å². The first kappa shape index (κ1) is 16.6. The van der Waals surface area contributed by atoms with Crippen LogP contribution in [0.2, 0.25) is 0 Å². The summed E-state index contributed by atoms with van der Waals surface area (Å²) in [5.41, 5.74) is 0.552. The van der Waals surface area contributed by atoms with Gasteiger partial charge in [0.1, 0.15) is 11.5 Å². The van der Waals surface area contributed by atoms with Crippen molar-refractivity contribution in [2.24, 2.45) is 0 Å². The summed E-state index contributed by atoms with van der Waals surface area (Å²) in [7, 11) is -0.0330. The summed E-state index contributed by atoms with van der Waals surface area (Å²) in [5, 5.41) is 0. The highest BCUT2D eigenvalue weighted by Gasteiger charge is 2.36. The maximum absolute atomic E-state index is 12.4. The molecule has 0 aliphatic carbocycles. The molecular formula is C15H21NO5S. The highest BCUT2D eigenvalue weighted by molar-refractivity contribution is 7.91. The van der Waals surface area contributed by atoms with Gasteiger partial charge in [-0.15, -0.1) is 0 Å². The van der Waals surface area contributed by atoms with Gasteiger partial charge in [-0.3, -0.25) is 4.79 Å². The highest BCUT2D eigenvalue weighted by atomic mass is 32.2. The van der Waals surface area contributed by atoms with Crippen molar-refractivity contribution < 1.29 is 22.7 Å². The Morgan fingerprint density at radius 1 is 1.32 bits per heavy atom. The number of hydrogen-bond acceptors (Lipinski definition) is 5. The summed E-state index contributed by atoms with van der Waals surface area (Å²) in [6.45, 7) is 1.76. The molecule has 1 atom stereocenters. The number of carbonyl (C=O) groups excluding carboxylic acids is 1. The fourth-order valence-electron chi connectivity index (χ4n) is 2.67. The largest absolute Gasteiger partial charge is 0.497 e. The molecule has 0 spiro atoms. The summed E-state index contributed by atoms with van der Waals surface area (Å²) in [4.78, 5) is 14.0. The number of anilines is 1. The molecule has 1 unspecified atom stereocenters. The standard InChI is InChI=1S/C15H21NO5S/c1-4-15(17)16(11-7-8-22(18,19)10-11)13-9-12(20-2)5-6-14(13)21-3/h5-6,9,11H,4,7-8,10H2,1-3H3. The monoisotopic (exact) mass is 327 g/mol. The Labute approximate surface area is 130 Å². The lowest BCUT2D eigenvalue weighted by molar-refractivity contribution is -0.118. The van der Waals surface area contributed by atoms with E-state index in [1.54, 1.807) is 30.0 Å². The van der Waals surface area contributed by atoms with E-state index in [9.17, 15) is 13.2 Å². The quantitative estimate of drug-likeness (QED) is 0.822. The third-order valence-electron chi connectivity index (χ3n) is 3.79. The summed E-state index contributed by atoms with van der Waals surface area (Å²) in [6, 6.07) is 4.80. The van der Waals surface area contributed by atoms with Gasteiger partial charge in [-0.25, -0.2) is 8.42 Å². The zero-order valence-corrected chi connectivity index (χ0v) is 13.9. The van der Waals surface area contributed by atoms with Crippen LogP contribution in [0.5, 0.6) is 11.5 Å². The van der Waals surface area contributed by atoms with Crippen LogP contribution in [0.3, 0.4) is 0 Å². The Hall–Kier alpha value is -1.76. The van der Waals surface area contributed by atoms with Gasteiger partial charge < -0.3 is 14.4 Å². The van der Waals surface area contributed by atoms with E-state index in [1.165, 1.54) is 14.2 Å². The van der Waals surface area contributed by atoms with Crippen molar-refractivity contribution in [1.29, 1.82) is 0 Å². The minimum absolute atomic E-state index is 0.0148. The third kappa shape index (κ3) is 3.35. The first-order valence-corrected chi connectivity index (χ1v) is 8.98. The van der Waals surface area contributed by atoms with Gasteiger partial charge in [0, 0.05) is 12.5 Å². The summed E-state index contributed by atoms with van der Waals surface area (Å²) in [5.74, 6) is 1.07. The molecule has 1 aliphatic rings. The Kier molecular flexibility index (Phi) is 4.95. The van der Waals surface area contributed by atoms with Crippen molar-refractivity contribution in [2.45, 2.75) is 25.8 Å². The van der Waals surface area contributed by atoms with Crippen molar-refractivity contribution in [3.8, 4) is 11.5 Å². The molecule has 2 rings (SSSR count). The first-order valence-electron chi connectivity index (χ1n) is 7.16. The van der Waals surface area contributed by atoms with Crippen molar-refractivity contribution in [1.82, 2.24) is 0 Å². The minimum atomic E-state index is -3.09. The molecule has 1 saturated heterocycles. The van der Waals surface area contributed by atoms with E-state index in [4.69, 9.17) is 9.47 Å². The SMILES string of the molecule is CCC(=O)N(c1cc(OC)ccc1OC)C1CCS(=O)(=O)C1. The van der Waals surface area contributed by atoms with Gasteiger partial charge in [-0.05, 0) is 18.6 Å². The van der Waals surface area contributed by atoms with Crippen LogP contribution in [0.15, 0.2) is 18.2 Å². The van der Waals surface area contributed by atoms with Crippen LogP contribution in [0, 0.1) is 0 Å². The number of rotatable bonds is 5. The number of ether oxygens (including phenoxy) is 2. The van der Waals surface area contributed by atoms with Crippen LogP contribution in [0.1, 0.15) is 19.8 Å². The predicted octanol–water partition coefficient (Wildman–Crippen LogP) is 1.63. The molecule has 0 radical (unpaired) electrons. The van der Waals surface area contributed by atoms with Crippen LogP contribution >= 0.6 is 0 Å². The van der Waals surface area contributed by atoms with Crippen LogP contribution in [-0.4, -0.2) is 46.1 Å². The van der Waals surface area contributed by atoms with Crippen molar-refractivity contribution in [3.05, 3.63) is 18.2 Å². The van der Waals surface area contributed by atoms with E-state index in [0.29, 0.717) is 23.6 Å². The Morgan fingerprint density at radius 2 is 2.05 bits per heavy atom. The van der Waals surface area contributed by atoms with Crippen molar-refractivity contribution in [3.63, 3.8) is 0 Å². The lowest BCUT2D eigenvalue weighted by Crippen LogP contribution is -2.41. The maximum Gasteiger partial charge on any atom is 0.227 e. The number of amides is 1. The molecule has 1 aliphatic heterocycles. The fraction of sp³-hybridized carbons (Fsp3) is 0.533. The van der Waals surface area contributed by atoms with E-state index in [-0.39, 0.29) is 29.9 Å². The molecule has 0 bridgehead atoms. The summed E-state index contributed by atoms with van der Waals surface area (Å²) in [6.07, 6.45) is 0.728. The average Bonchev–Trinajstić information content (AvgIpc) is 2.86. The second kappa shape index (κ2) is 6.56. The van der Waals surface area contributed by atoms with Crippen LogP contribution in [0.25, 0.3) is 0 Å². The third-order valence-corrected chi connectivity index (χ3v) is 5.54. The Morgan fingerprint density at radius 3 is 2.55 bits per heavy atom. The van der Waals surface area contributed by atoms with Crippen LogP contribution < -0.4 is 14.4 Å². The summed E-state index contributed by atoms with van der Waals surface area (Å²) < 4.78 is 34.1. The maximum atomic E-state index is 12.4. The number of methoxy groups -OCH3 is 2. The molecule has 1 amide bonds. The minimum Gasteiger partial charge on any atom is -0.497 e. The topological polar surface area (TPSA) is 72.9 Å². The molecule has 0 N–H and O–H groups in total. The lowest BCUT2D eigenvalue weighted by atomic mass is 10.1. The van der Waals surface area contributed by atoms with Gasteiger partial charge in [-0.1, -0.05) is 6.92 Å². The second-order valence-electron chi connectivity index (χ2n) is 5.21. The predicted molar refractivity (Wildman–Crippen MR) is 84.4 cm³/mol. The highest BCUT2D eigenvalue weighted by Crippen LogP contribution is 2.36. The van der Waals surface area contributed by atoms with Crippen molar-refractivity contribution >= 4 is 21.4 Å². The van der Waals surface area contributed by atoms with Gasteiger partial charge in [0.2, 0.25) is 5.91 Å². The number of carbonyl (C=O) groups is 1. The average molecular weight is 327 g/mol. The Balaban J connectivity index is 2.48. The molecule has 1 aromatic rings. The normalized spacial score (nSPS) is 19.7. The number of benzene rings is 1. The van der Waals surface area contributed by atoms with Crippen molar-refractivity contribution in [2.75, 3.05) is 30.6 Å². The molecule has 0 aromatic heterocycles. The first-order chi connectivity index (χ1) is 10.4. The van der Waals surface area contributed by atoms with Crippen LogP contribution in [0.4, 0.5) is 5.69 Å². The van der Waals surface area contributed by atoms with Gasteiger partial charge in [0.05, 0.1) is 37.5 Å². The van der Waals surface area contributed by atoms with E-state index in [1.807, 2.05) is 0 Å². The molecule has 1 fully saturated rings. The van der Waals surface area contributed by atoms with Gasteiger partial charge in [0.15, 0.2) is 9.84 Å². The molecule has 0 saturated carbocycles. The number of sulfone groups is 1. The van der Waals surface area contributed by atoms with E-state index >= 15 is 0 Å². The Bertz CT molecular complexity index is 656. The van der Waals surface area contributed by atoms with Gasteiger partial charge in [0.25, 0.3) is 0 Å². The lowest BCUT2D eigenvalue weighted by Gasteiger charge is -2.29. The van der Waals surface area contributed by atoms with Crippen LogP contribution in [-0.2, 0) is 14.6 Å². The number of nitrogens with zero attached hydrogens (tertiary/aromatic N) is 1.